The molecule has 7 heteroatoms. The third-order valence-corrected chi connectivity index (χ3v) is 3.57. The molecule has 2 N–H and O–H groups in total. The lowest BCUT2D eigenvalue weighted by Crippen LogP contribution is -2.34. The first kappa shape index (κ1) is 15.9. The average Bonchev–Trinajstić information content (AvgIpc) is 2.89. The molecule has 0 bridgehead atoms. The highest BCUT2D eigenvalue weighted by atomic mass is 16.5. The van der Waals surface area contributed by atoms with Crippen molar-refractivity contribution in [2.75, 3.05) is 33.5 Å². The largest absolute Gasteiger partial charge is 0.394 e. The summed E-state index contributed by atoms with van der Waals surface area (Å²) in [7, 11) is 1.59. The number of hydrogen-bond donors (Lipinski definition) is 2. The molecule has 1 atom stereocenters. The van der Waals surface area contributed by atoms with Crippen LogP contribution in [0.25, 0.3) is 0 Å². The summed E-state index contributed by atoms with van der Waals surface area (Å²) in [5.74, 6) is -0.126. The fourth-order valence-corrected chi connectivity index (χ4v) is 2.60. The molecular formula is C14H23N3O4. The Balaban J connectivity index is 1.89. The van der Waals surface area contributed by atoms with Gasteiger partial charge in [0.2, 0.25) is 5.91 Å². The summed E-state index contributed by atoms with van der Waals surface area (Å²) in [6.07, 6.45) is 4.63. The van der Waals surface area contributed by atoms with Gasteiger partial charge < -0.3 is 19.9 Å². The van der Waals surface area contributed by atoms with Gasteiger partial charge in [-0.25, -0.2) is 0 Å². The number of carbonyl (C=O) groups is 1. The smallest absolute Gasteiger partial charge is 0.246 e. The van der Waals surface area contributed by atoms with E-state index in [1.807, 2.05) is 4.68 Å². The number of aliphatic hydroxyl groups excluding tert-OH is 1. The number of ether oxygens (including phenoxy) is 2. The highest BCUT2D eigenvalue weighted by Gasteiger charge is 2.25. The number of nitrogens with zero attached hydrogens (tertiary/aromatic N) is 2. The van der Waals surface area contributed by atoms with Crippen LogP contribution in [0.15, 0.2) is 6.20 Å². The summed E-state index contributed by atoms with van der Waals surface area (Å²) in [6.45, 7) is 1.50. The molecule has 1 aliphatic rings. The molecule has 1 amide bonds. The summed E-state index contributed by atoms with van der Waals surface area (Å²) in [5, 5.41) is 16.3. The van der Waals surface area contributed by atoms with Crippen LogP contribution < -0.4 is 5.32 Å². The van der Waals surface area contributed by atoms with E-state index in [1.165, 1.54) is 0 Å². The second-order valence-corrected chi connectivity index (χ2v) is 5.05. The van der Waals surface area contributed by atoms with Gasteiger partial charge in [-0.3, -0.25) is 9.48 Å². The van der Waals surface area contributed by atoms with E-state index >= 15 is 0 Å². The van der Waals surface area contributed by atoms with Gasteiger partial charge in [0.25, 0.3) is 0 Å². The first-order chi connectivity index (χ1) is 10.3. The van der Waals surface area contributed by atoms with Gasteiger partial charge >= 0.3 is 0 Å². The zero-order valence-corrected chi connectivity index (χ0v) is 12.4. The number of fused-ring (bicyclic) bond motifs is 1. The van der Waals surface area contributed by atoms with Crippen molar-refractivity contribution in [3.8, 4) is 0 Å². The van der Waals surface area contributed by atoms with Crippen LogP contribution in [0, 0.1) is 0 Å². The van der Waals surface area contributed by atoms with Crippen molar-refractivity contribution in [3.05, 3.63) is 17.5 Å². The Morgan fingerprint density at radius 1 is 1.57 bits per heavy atom. The van der Waals surface area contributed by atoms with Gasteiger partial charge in [0.15, 0.2) is 0 Å². The number of rotatable bonds is 8. The Kier molecular flexibility index (Phi) is 6.16. The first-order valence-electron chi connectivity index (χ1n) is 7.27. The lowest BCUT2D eigenvalue weighted by atomic mass is 9.93. The average molecular weight is 297 g/mol. The highest BCUT2D eigenvalue weighted by Crippen LogP contribution is 2.29. The monoisotopic (exact) mass is 297 g/mol. The number of aromatic nitrogens is 2. The highest BCUT2D eigenvalue weighted by molar-refractivity contribution is 5.77. The minimum atomic E-state index is -0.126. The fraction of sp³-hybridized carbons (Fsp3) is 0.714. The molecule has 0 saturated heterocycles. The molecule has 0 aromatic carbocycles. The number of nitrogens with one attached hydrogen (secondary N) is 1. The van der Waals surface area contributed by atoms with Crippen molar-refractivity contribution < 1.29 is 19.4 Å². The van der Waals surface area contributed by atoms with Crippen molar-refractivity contribution in [3.63, 3.8) is 0 Å². The van der Waals surface area contributed by atoms with Crippen LogP contribution >= 0.6 is 0 Å². The standard InChI is InChI=1S/C14H23N3O4/c1-20-7-8-21-10-14(19)16-12-3-2-4-13-11(12)9-15-17(13)5-6-18/h9,12,18H,2-8,10H2,1H3,(H,16,19). The lowest BCUT2D eigenvalue weighted by molar-refractivity contribution is -0.127. The quantitative estimate of drug-likeness (QED) is 0.661. The Labute approximate surface area is 124 Å². The van der Waals surface area contributed by atoms with Gasteiger partial charge in [0.1, 0.15) is 6.61 Å². The maximum atomic E-state index is 11.9. The minimum absolute atomic E-state index is 0.0142. The molecule has 1 unspecified atom stereocenters. The van der Waals surface area contributed by atoms with E-state index in [0.717, 1.165) is 30.5 Å². The van der Waals surface area contributed by atoms with Crippen LogP contribution in [-0.4, -0.2) is 54.3 Å². The van der Waals surface area contributed by atoms with Crippen molar-refractivity contribution in [1.29, 1.82) is 0 Å². The second-order valence-electron chi connectivity index (χ2n) is 5.05. The first-order valence-corrected chi connectivity index (χ1v) is 7.27. The zero-order chi connectivity index (χ0) is 15.1. The summed E-state index contributed by atoms with van der Waals surface area (Å²) in [5.41, 5.74) is 2.17. The summed E-state index contributed by atoms with van der Waals surface area (Å²) >= 11 is 0. The second kappa shape index (κ2) is 8.11. The van der Waals surface area contributed by atoms with Crippen molar-refractivity contribution in [2.45, 2.75) is 31.8 Å². The molecule has 1 aromatic heterocycles. The van der Waals surface area contributed by atoms with E-state index in [9.17, 15) is 4.79 Å². The Morgan fingerprint density at radius 3 is 3.19 bits per heavy atom. The molecule has 1 heterocycles. The molecular weight excluding hydrogens is 274 g/mol. The molecule has 1 aliphatic carbocycles. The third kappa shape index (κ3) is 4.26. The van der Waals surface area contributed by atoms with Crippen LogP contribution in [0.4, 0.5) is 0 Å². The molecule has 0 aliphatic heterocycles. The molecule has 7 nitrogen and oxygen atoms in total. The van der Waals surface area contributed by atoms with Crippen LogP contribution in [0.5, 0.6) is 0 Å². The number of amides is 1. The van der Waals surface area contributed by atoms with Gasteiger partial charge in [-0.05, 0) is 19.3 Å². The van der Waals surface area contributed by atoms with Crippen LogP contribution in [-0.2, 0) is 27.2 Å². The van der Waals surface area contributed by atoms with Crippen molar-refractivity contribution >= 4 is 5.91 Å². The van der Waals surface area contributed by atoms with Gasteiger partial charge in [0.05, 0.1) is 38.6 Å². The van der Waals surface area contributed by atoms with Crippen LogP contribution in [0.3, 0.4) is 0 Å². The van der Waals surface area contributed by atoms with E-state index in [0.29, 0.717) is 19.8 Å². The van der Waals surface area contributed by atoms with E-state index in [4.69, 9.17) is 14.6 Å². The van der Waals surface area contributed by atoms with E-state index in [1.54, 1.807) is 13.3 Å². The van der Waals surface area contributed by atoms with E-state index in [-0.39, 0.29) is 25.2 Å². The van der Waals surface area contributed by atoms with Crippen LogP contribution in [0.2, 0.25) is 0 Å². The number of methoxy groups -OCH3 is 1. The zero-order valence-electron chi connectivity index (χ0n) is 12.4. The summed E-state index contributed by atoms with van der Waals surface area (Å²) in [6, 6.07) is -0.0142. The molecule has 0 saturated carbocycles. The van der Waals surface area contributed by atoms with Gasteiger partial charge in [-0.2, -0.15) is 5.10 Å². The third-order valence-electron chi connectivity index (χ3n) is 3.57. The number of aliphatic hydroxyl groups is 1. The van der Waals surface area contributed by atoms with Gasteiger partial charge in [-0.15, -0.1) is 0 Å². The van der Waals surface area contributed by atoms with Gasteiger partial charge in [-0.1, -0.05) is 0 Å². The SMILES string of the molecule is COCCOCC(=O)NC1CCCc2c1cnn2CCO. The minimum Gasteiger partial charge on any atom is -0.394 e. The molecule has 2 rings (SSSR count). The number of hydrogen-bond acceptors (Lipinski definition) is 5. The molecule has 0 radical (unpaired) electrons. The normalized spacial score (nSPS) is 17.5. The maximum absolute atomic E-state index is 11.9. The molecule has 0 fully saturated rings. The molecule has 21 heavy (non-hydrogen) atoms. The topological polar surface area (TPSA) is 85.6 Å². The maximum Gasteiger partial charge on any atom is 0.246 e. The Morgan fingerprint density at radius 2 is 2.43 bits per heavy atom. The predicted molar refractivity (Wildman–Crippen MR) is 75.8 cm³/mol. The van der Waals surface area contributed by atoms with Gasteiger partial charge in [0, 0.05) is 18.4 Å². The fourth-order valence-electron chi connectivity index (χ4n) is 2.60. The Bertz CT molecular complexity index is 461. The summed E-state index contributed by atoms with van der Waals surface area (Å²) < 4.78 is 11.9. The number of carbonyl (C=O) groups excluding carboxylic acids is 1. The van der Waals surface area contributed by atoms with E-state index in [2.05, 4.69) is 10.4 Å². The molecule has 1 aromatic rings. The van der Waals surface area contributed by atoms with Crippen LogP contribution in [0.1, 0.15) is 30.1 Å². The predicted octanol–water partition coefficient (Wildman–Crippen LogP) is 0.0320. The van der Waals surface area contributed by atoms with E-state index < -0.39 is 0 Å². The lowest BCUT2D eigenvalue weighted by Gasteiger charge is -2.24. The molecule has 118 valence electrons. The summed E-state index contributed by atoms with van der Waals surface area (Å²) in [4.78, 5) is 11.9. The Hall–Kier alpha value is -1.44. The van der Waals surface area contributed by atoms with Crippen molar-refractivity contribution in [1.82, 2.24) is 15.1 Å². The molecule has 0 spiro atoms. The van der Waals surface area contributed by atoms with Crippen molar-refractivity contribution in [2.24, 2.45) is 0 Å².